The van der Waals surface area contributed by atoms with E-state index in [0.717, 1.165) is 39.0 Å². The molecule has 0 aliphatic heterocycles. The summed E-state index contributed by atoms with van der Waals surface area (Å²) in [5.41, 5.74) is 1.16. The lowest BCUT2D eigenvalue weighted by molar-refractivity contribution is 0.139. The monoisotopic (exact) mass is 480 g/mol. The van der Waals surface area contributed by atoms with Crippen LogP contribution in [-0.2, 0) is 0 Å². The molecule has 5 heteroatoms. The molecule has 0 aliphatic carbocycles. The van der Waals surface area contributed by atoms with Gasteiger partial charge in [0.15, 0.2) is 0 Å². The summed E-state index contributed by atoms with van der Waals surface area (Å²) in [6.07, 6.45) is 5.78. The molecule has 0 bridgehead atoms. The summed E-state index contributed by atoms with van der Waals surface area (Å²) in [7, 11) is 0. The molecule has 0 fully saturated rings. The molecule has 2 aromatic carbocycles. The van der Waals surface area contributed by atoms with Crippen LogP contribution in [0.15, 0.2) is 51.7 Å². The van der Waals surface area contributed by atoms with Crippen molar-refractivity contribution in [2.24, 2.45) is 0 Å². The van der Waals surface area contributed by atoms with E-state index in [1.54, 1.807) is 0 Å². The van der Waals surface area contributed by atoms with Gasteiger partial charge in [0.1, 0.15) is 22.3 Å². The Morgan fingerprint density at radius 2 is 1.34 bits per heavy atom. The summed E-state index contributed by atoms with van der Waals surface area (Å²) in [5, 5.41) is 1.13. The number of nitrogens with zero attached hydrogens (tertiary/aromatic N) is 2. The lowest BCUT2D eigenvalue weighted by Crippen LogP contribution is -2.40. The van der Waals surface area contributed by atoms with Gasteiger partial charge in [0.25, 0.3) is 0 Å². The SMILES string of the molecule is CCCC(CCC(CCOc1cccc2oc3ccccc3c(=O)c12)N(CC)CC)N(CC)CC. The maximum atomic E-state index is 13.2. The predicted molar refractivity (Wildman–Crippen MR) is 148 cm³/mol. The molecule has 1 heterocycles. The minimum Gasteiger partial charge on any atom is -0.493 e. The summed E-state index contributed by atoms with van der Waals surface area (Å²) >= 11 is 0. The van der Waals surface area contributed by atoms with Gasteiger partial charge in [-0.2, -0.15) is 0 Å². The Hall–Kier alpha value is -2.37. The van der Waals surface area contributed by atoms with Gasteiger partial charge < -0.3 is 19.0 Å². The van der Waals surface area contributed by atoms with E-state index in [2.05, 4.69) is 44.4 Å². The normalized spacial score (nSPS) is 13.7. The minimum absolute atomic E-state index is 0.0284. The molecular weight excluding hydrogens is 436 g/mol. The molecule has 192 valence electrons. The van der Waals surface area contributed by atoms with Gasteiger partial charge in [0.05, 0.1) is 12.0 Å². The van der Waals surface area contributed by atoms with E-state index in [0.29, 0.717) is 46.4 Å². The number of ether oxygens (including phenoxy) is 1. The molecule has 0 radical (unpaired) electrons. The molecule has 3 aromatic rings. The van der Waals surface area contributed by atoms with Crippen molar-refractivity contribution < 1.29 is 9.15 Å². The van der Waals surface area contributed by atoms with Gasteiger partial charge in [-0.3, -0.25) is 4.79 Å². The zero-order valence-electron chi connectivity index (χ0n) is 22.4. The first kappa shape index (κ1) is 27.2. The largest absolute Gasteiger partial charge is 0.493 e. The highest BCUT2D eigenvalue weighted by Crippen LogP contribution is 2.27. The van der Waals surface area contributed by atoms with E-state index in [9.17, 15) is 4.79 Å². The minimum atomic E-state index is -0.0284. The first-order valence-corrected chi connectivity index (χ1v) is 13.6. The maximum absolute atomic E-state index is 13.2. The highest BCUT2D eigenvalue weighted by Gasteiger charge is 2.21. The van der Waals surface area contributed by atoms with Gasteiger partial charge in [-0.15, -0.1) is 0 Å². The Morgan fingerprint density at radius 3 is 1.97 bits per heavy atom. The molecule has 2 unspecified atom stereocenters. The van der Waals surface area contributed by atoms with Gasteiger partial charge in [-0.25, -0.2) is 0 Å². The van der Waals surface area contributed by atoms with Crippen LogP contribution in [0.5, 0.6) is 5.75 Å². The second-order valence-corrected chi connectivity index (χ2v) is 9.31. The smallest absolute Gasteiger partial charge is 0.204 e. The highest BCUT2D eigenvalue weighted by atomic mass is 16.5. The summed E-state index contributed by atoms with van der Waals surface area (Å²) in [4.78, 5) is 18.4. The van der Waals surface area contributed by atoms with Gasteiger partial charge in [-0.1, -0.05) is 59.2 Å². The zero-order chi connectivity index (χ0) is 25.2. The van der Waals surface area contributed by atoms with Crippen molar-refractivity contribution in [1.82, 2.24) is 9.80 Å². The molecule has 0 aliphatic rings. The Labute approximate surface area is 211 Å². The topological polar surface area (TPSA) is 45.9 Å². The van der Waals surface area contributed by atoms with Crippen LogP contribution in [0, 0.1) is 0 Å². The summed E-state index contributed by atoms with van der Waals surface area (Å²) < 4.78 is 12.3. The number of para-hydroxylation sites is 1. The van der Waals surface area contributed by atoms with Gasteiger partial charge in [0.2, 0.25) is 5.43 Å². The third kappa shape index (κ3) is 6.65. The number of hydrogen-bond donors (Lipinski definition) is 0. The number of hydrogen-bond acceptors (Lipinski definition) is 5. The van der Waals surface area contributed by atoms with Crippen LogP contribution in [0.25, 0.3) is 21.9 Å². The van der Waals surface area contributed by atoms with Crippen LogP contribution >= 0.6 is 0 Å². The van der Waals surface area contributed by atoms with E-state index in [1.807, 2.05) is 42.5 Å². The number of benzene rings is 2. The molecule has 0 amide bonds. The van der Waals surface area contributed by atoms with Crippen molar-refractivity contribution in [1.29, 1.82) is 0 Å². The highest BCUT2D eigenvalue weighted by molar-refractivity contribution is 5.93. The van der Waals surface area contributed by atoms with Gasteiger partial charge in [-0.05, 0) is 76.1 Å². The second kappa shape index (κ2) is 13.6. The Morgan fingerprint density at radius 1 is 0.743 bits per heavy atom. The van der Waals surface area contributed by atoms with E-state index < -0.39 is 0 Å². The van der Waals surface area contributed by atoms with Crippen LogP contribution < -0.4 is 10.2 Å². The third-order valence-corrected chi connectivity index (χ3v) is 7.39. The summed E-state index contributed by atoms with van der Waals surface area (Å²) in [6.45, 7) is 16.2. The summed E-state index contributed by atoms with van der Waals surface area (Å²) in [5.74, 6) is 0.618. The van der Waals surface area contributed by atoms with Crippen LogP contribution in [0.3, 0.4) is 0 Å². The average Bonchev–Trinajstić information content (AvgIpc) is 2.88. The summed E-state index contributed by atoms with van der Waals surface area (Å²) in [6, 6.07) is 14.1. The number of fused-ring (bicyclic) bond motifs is 2. The molecule has 0 N–H and O–H groups in total. The third-order valence-electron chi connectivity index (χ3n) is 7.39. The fraction of sp³-hybridized carbons (Fsp3) is 0.567. The van der Waals surface area contributed by atoms with Crippen LogP contribution in [-0.4, -0.2) is 54.7 Å². The average molecular weight is 481 g/mol. The lowest BCUT2D eigenvalue weighted by Gasteiger charge is -2.34. The standard InChI is InChI=1S/C30H44N2O3/c1-6-14-23(31(7-2)8-3)19-20-24(32(9-4)10-5)21-22-34-27-17-13-18-28-29(27)30(33)25-15-11-12-16-26(25)35-28/h11-13,15-18,23-24H,6-10,14,19-22H2,1-5H3. The van der Waals surface area contributed by atoms with Crippen molar-refractivity contribution in [3.63, 3.8) is 0 Å². The zero-order valence-corrected chi connectivity index (χ0v) is 22.4. The first-order valence-electron chi connectivity index (χ1n) is 13.6. The second-order valence-electron chi connectivity index (χ2n) is 9.31. The molecule has 0 saturated heterocycles. The molecule has 5 nitrogen and oxygen atoms in total. The molecule has 0 spiro atoms. The Balaban J connectivity index is 1.74. The van der Waals surface area contributed by atoms with E-state index in [4.69, 9.17) is 9.15 Å². The van der Waals surface area contributed by atoms with Crippen LogP contribution in [0.1, 0.15) is 66.7 Å². The fourth-order valence-corrected chi connectivity index (χ4v) is 5.46. The number of rotatable bonds is 15. The molecule has 0 saturated carbocycles. The quantitative estimate of drug-likeness (QED) is 0.226. The van der Waals surface area contributed by atoms with E-state index in [-0.39, 0.29) is 5.43 Å². The van der Waals surface area contributed by atoms with Crippen molar-refractivity contribution in [3.8, 4) is 5.75 Å². The molecule has 1 aromatic heterocycles. The molecule has 35 heavy (non-hydrogen) atoms. The van der Waals surface area contributed by atoms with Crippen molar-refractivity contribution in [2.75, 3.05) is 32.8 Å². The van der Waals surface area contributed by atoms with E-state index >= 15 is 0 Å². The van der Waals surface area contributed by atoms with Crippen molar-refractivity contribution in [3.05, 3.63) is 52.7 Å². The van der Waals surface area contributed by atoms with E-state index in [1.165, 1.54) is 19.3 Å². The first-order chi connectivity index (χ1) is 17.1. The van der Waals surface area contributed by atoms with Crippen molar-refractivity contribution in [2.45, 2.75) is 78.8 Å². The van der Waals surface area contributed by atoms with Gasteiger partial charge in [0, 0.05) is 12.1 Å². The predicted octanol–water partition coefficient (Wildman–Crippen LogP) is 6.72. The van der Waals surface area contributed by atoms with Gasteiger partial charge >= 0.3 is 0 Å². The van der Waals surface area contributed by atoms with Crippen LogP contribution in [0.2, 0.25) is 0 Å². The Kier molecular flexibility index (Phi) is 10.6. The lowest BCUT2D eigenvalue weighted by atomic mass is 9.98. The fourth-order valence-electron chi connectivity index (χ4n) is 5.46. The van der Waals surface area contributed by atoms with Crippen molar-refractivity contribution >= 4 is 21.9 Å². The molecular formula is C30H44N2O3. The molecule has 2 atom stereocenters. The molecule has 3 rings (SSSR count). The van der Waals surface area contributed by atoms with Crippen LogP contribution in [0.4, 0.5) is 0 Å². The Bertz CT molecular complexity index is 1100. The maximum Gasteiger partial charge on any atom is 0.204 e.